The van der Waals surface area contributed by atoms with Gasteiger partial charge in [-0.05, 0) is 19.2 Å². The third-order valence-corrected chi connectivity index (χ3v) is 2.56. The second kappa shape index (κ2) is 5.50. The zero-order chi connectivity index (χ0) is 13.0. The number of rotatable bonds is 3. The monoisotopic (exact) mass is 250 g/mol. The van der Waals surface area contributed by atoms with Gasteiger partial charge in [-0.3, -0.25) is 15.0 Å². The predicted octanol–water partition coefficient (Wildman–Crippen LogP) is 1.78. The number of morpholine rings is 1. The van der Waals surface area contributed by atoms with Crippen molar-refractivity contribution in [2.75, 3.05) is 26.7 Å². The number of ether oxygens (including phenoxy) is 2. The molecule has 0 aliphatic carbocycles. The molecular weight excluding hydrogens is 236 g/mol. The van der Waals surface area contributed by atoms with Crippen LogP contribution in [0.15, 0.2) is 36.3 Å². The van der Waals surface area contributed by atoms with E-state index in [0.29, 0.717) is 18.9 Å². The Bertz CT molecular complexity index is 456. The number of nitro benzene ring substituents is 1. The van der Waals surface area contributed by atoms with Crippen molar-refractivity contribution >= 4 is 5.69 Å². The van der Waals surface area contributed by atoms with E-state index < -0.39 is 4.92 Å². The van der Waals surface area contributed by atoms with Crippen molar-refractivity contribution in [2.45, 2.75) is 0 Å². The lowest BCUT2D eigenvalue weighted by atomic mass is 10.3. The molecule has 0 aromatic heterocycles. The van der Waals surface area contributed by atoms with Crippen LogP contribution >= 0.6 is 0 Å². The minimum Gasteiger partial charge on any atom is -0.492 e. The quantitative estimate of drug-likeness (QED) is 0.465. The molecule has 0 N–H and O–H groups in total. The lowest BCUT2D eigenvalue weighted by molar-refractivity contribution is -0.384. The summed E-state index contributed by atoms with van der Waals surface area (Å²) in [4.78, 5) is 12.2. The molecule has 1 aromatic rings. The molecule has 96 valence electrons. The van der Waals surface area contributed by atoms with Crippen LogP contribution in [0.1, 0.15) is 0 Å². The topological polar surface area (TPSA) is 64.8 Å². The first kappa shape index (κ1) is 12.4. The lowest BCUT2D eigenvalue weighted by Crippen LogP contribution is -2.31. The van der Waals surface area contributed by atoms with E-state index in [1.54, 1.807) is 12.1 Å². The van der Waals surface area contributed by atoms with Crippen molar-refractivity contribution < 1.29 is 14.4 Å². The molecule has 1 saturated heterocycles. The average molecular weight is 250 g/mol. The maximum Gasteiger partial charge on any atom is 0.269 e. The Morgan fingerprint density at radius 1 is 1.44 bits per heavy atom. The van der Waals surface area contributed by atoms with Gasteiger partial charge in [0.05, 0.1) is 11.5 Å². The predicted molar refractivity (Wildman–Crippen MR) is 65.3 cm³/mol. The van der Waals surface area contributed by atoms with Crippen molar-refractivity contribution in [3.05, 3.63) is 46.4 Å². The molecule has 0 amide bonds. The van der Waals surface area contributed by atoms with Gasteiger partial charge in [-0.1, -0.05) is 0 Å². The van der Waals surface area contributed by atoms with E-state index in [-0.39, 0.29) is 5.69 Å². The van der Waals surface area contributed by atoms with Gasteiger partial charge in [0.1, 0.15) is 24.4 Å². The molecular formula is C12H14N2O4. The highest BCUT2D eigenvalue weighted by Gasteiger charge is 2.11. The van der Waals surface area contributed by atoms with Gasteiger partial charge >= 0.3 is 0 Å². The van der Waals surface area contributed by atoms with Crippen molar-refractivity contribution in [3.8, 4) is 5.75 Å². The first-order chi connectivity index (χ1) is 8.65. The fourth-order valence-corrected chi connectivity index (χ4v) is 1.57. The summed E-state index contributed by atoms with van der Waals surface area (Å²) in [5.74, 6) is 1.30. The number of likely N-dealkylation sites (N-methyl/N-ethyl adjacent to an activating group) is 1. The van der Waals surface area contributed by atoms with Gasteiger partial charge in [0, 0.05) is 18.7 Å². The normalized spacial score (nSPS) is 18.4. The molecule has 6 nitrogen and oxygen atoms in total. The van der Waals surface area contributed by atoms with E-state index in [1.807, 2.05) is 7.05 Å². The van der Waals surface area contributed by atoms with Crippen LogP contribution in [-0.2, 0) is 4.74 Å². The molecule has 1 aliphatic heterocycles. The maximum atomic E-state index is 10.5. The second-order valence-corrected chi connectivity index (χ2v) is 4.04. The van der Waals surface area contributed by atoms with Crippen molar-refractivity contribution in [1.82, 2.24) is 4.90 Å². The summed E-state index contributed by atoms with van der Waals surface area (Å²) in [6.45, 7) is 2.24. The molecule has 0 unspecified atom stereocenters. The van der Waals surface area contributed by atoms with Crippen LogP contribution in [-0.4, -0.2) is 36.6 Å². The van der Waals surface area contributed by atoms with Gasteiger partial charge < -0.3 is 9.47 Å². The Morgan fingerprint density at radius 2 is 2.17 bits per heavy atom. The summed E-state index contributed by atoms with van der Waals surface area (Å²) in [5, 5.41) is 10.5. The summed E-state index contributed by atoms with van der Waals surface area (Å²) in [6, 6.07) is 5.92. The fraction of sp³-hybridized carbons (Fsp3) is 0.333. The molecule has 1 aromatic carbocycles. The van der Waals surface area contributed by atoms with Gasteiger partial charge in [0.15, 0.2) is 0 Å². The molecule has 1 aliphatic rings. The number of non-ortho nitro benzene ring substituents is 1. The number of benzene rings is 1. The van der Waals surface area contributed by atoms with Crippen LogP contribution in [0.2, 0.25) is 0 Å². The molecule has 0 bridgehead atoms. The molecule has 1 heterocycles. The molecule has 18 heavy (non-hydrogen) atoms. The van der Waals surface area contributed by atoms with Gasteiger partial charge in [-0.2, -0.15) is 0 Å². The van der Waals surface area contributed by atoms with Crippen LogP contribution in [0.25, 0.3) is 0 Å². The lowest BCUT2D eigenvalue weighted by Gasteiger charge is -2.24. The smallest absolute Gasteiger partial charge is 0.269 e. The van der Waals surface area contributed by atoms with Crippen LogP contribution in [0.4, 0.5) is 5.69 Å². The van der Waals surface area contributed by atoms with E-state index in [9.17, 15) is 10.1 Å². The van der Waals surface area contributed by atoms with E-state index in [1.165, 1.54) is 18.4 Å². The molecule has 0 saturated carbocycles. The third-order valence-electron chi connectivity index (χ3n) is 2.56. The summed E-state index contributed by atoms with van der Waals surface area (Å²) >= 11 is 0. The van der Waals surface area contributed by atoms with Crippen molar-refractivity contribution in [3.63, 3.8) is 0 Å². The summed E-state index contributed by atoms with van der Waals surface area (Å²) < 4.78 is 10.8. The Kier molecular flexibility index (Phi) is 3.78. The molecule has 6 heteroatoms. The zero-order valence-electron chi connectivity index (χ0n) is 10.0. The minimum absolute atomic E-state index is 0.0450. The van der Waals surface area contributed by atoms with Gasteiger partial charge in [0.2, 0.25) is 0 Å². The number of nitro groups is 1. The minimum atomic E-state index is -0.443. The molecule has 0 atom stereocenters. The van der Waals surface area contributed by atoms with E-state index in [2.05, 4.69) is 4.90 Å². The highest BCUT2D eigenvalue weighted by molar-refractivity contribution is 5.36. The maximum absolute atomic E-state index is 10.5. The molecule has 0 radical (unpaired) electrons. The number of hydrogen-bond donors (Lipinski definition) is 0. The van der Waals surface area contributed by atoms with Gasteiger partial charge in [-0.25, -0.2) is 0 Å². The van der Waals surface area contributed by atoms with Crippen LogP contribution in [0.5, 0.6) is 5.75 Å². The van der Waals surface area contributed by atoms with Crippen LogP contribution < -0.4 is 4.74 Å². The third kappa shape index (κ3) is 3.21. The van der Waals surface area contributed by atoms with Crippen molar-refractivity contribution in [1.29, 1.82) is 0 Å². The van der Waals surface area contributed by atoms with Gasteiger partial charge in [-0.15, -0.1) is 0 Å². The zero-order valence-corrected chi connectivity index (χ0v) is 10.0. The summed E-state index contributed by atoms with van der Waals surface area (Å²) in [6.07, 6.45) is 1.54. The van der Waals surface area contributed by atoms with Gasteiger partial charge in [0.25, 0.3) is 5.69 Å². The highest BCUT2D eigenvalue weighted by Crippen LogP contribution is 2.18. The second-order valence-electron chi connectivity index (χ2n) is 4.04. The summed E-state index contributed by atoms with van der Waals surface area (Å²) in [5.41, 5.74) is 0.0450. The first-order valence-corrected chi connectivity index (χ1v) is 5.56. The number of nitrogens with zero attached hydrogens (tertiary/aromatic N) is 2. The molecule has 2 rings (SSSR count). The van der Waals surface area contributed by atoms with Crippen LogP contribution in [0.3, 0.4) is 0 Å². The fourth-order valence-electron chi connectivity index (χ4n) is 1.57. The van der Waals surface area contributed by atoms with E-state index >= 15 is 0 Å². The Balaban J connectivity index is 1.97. The summed E-state index contributed by atoms with van der Waals surface area (Å²) in [7, 11) is 2.00. The van der Waals surface area contributed by atoms with Crippen molar-refractivity contribution in [2.24, 2.45) is 0 Å². The molecule has 1 fully saturated rings. The highest BCUT2D eigenvalue weighted by atomic mass is 16.6. The number of hydrogen-bond acceptors (Lipinski definition) is 5. The Morgan fingerprint density at radius 3 is 2.78 bits per heavy atom. The largest absolute Gasteiger partial charge is 0.492 e. The van der Waals surface area contributed by atoms with E-state index in [0.717, 1.165) is 12.3 Å². The average Bonchev–Trinajstić information content (AvgIpc) is 2.37. The Labute approximate surface area is 105 Å². The SMILES string of the molecule is CN1CCOC(=COc2ccc([N+](=O)[O-])cc2)C1. The standard InChI is InChI=1S/C12H14N2O4/c1-13-6-7-17-12(8-13)9-18-11-4-2-10(3-5-11)14(15)16/h2-5,9H,6-8H2,1H3. The molecule has 0 spiro atoms. The van der Waals surface area contributed by atoms with E-state index in [4.69, 9.17) is 9.47 Å². The van der Waals surface area contributed by atoms with Crippen LogP contribution in [0, 0.1) is 10.1 Å². The first-order valence-electron chi connectivity index (χ1n) is 5.56. The Hall–Kier alpha value is -2.08.